The first kappa shape index (κ1) is 13.8. The summed E-state index contributed by atoms with van der Waals surface area (Å²) in [7, 11) is 1.54. The smallest absolute Gasteiger partial charge is 0.159 e. The Hall–Kier alpha value is -2.14. The predicted octanol–water partition coefficient (Wildman–Crippen LogP) is 3.53. The lowest BCUT2D eigenvalue weighted by Gasteiger charge is -2.30. The van der Waals surface area contributed by atoms with Crippen molar-refractivity contribution in [2.24, 2.45) is 0 Å². The topological polar surface area (TPSA) is 38.7 Å². The minimum absolute atomic E-state index is 0.282. The molecular formula is C16H14F2O3. The van der Waals surface area contributed by atoms with Gasteiger partial charge in [0.2, 0.25) is 0 Å². The largest absolute Gasteiger partial charge is 0.497 e. The third-order valence-electron chi connectivity index (χ3n) is 3.60. The van der Waals surface area contributed by atoms with Gasteiger partial charge in [0.15, 0.2) is 11.6 Å². The van der Waals surface area contributed by atoms with Crippen molar-refractivity contribution in [1.82, 2.24) is 0 Å². The van der Waals surface area contributed by atoms with Crippen LogP contribution in [-0.2, 0) is 0 Å². The molecule has 110 valence electrons. The molecular weight excluding hydrogens is 278 g/mol. The van der Waals surface area contributed by atoms with Crippen molar-refractivity contribution in [3.63, 3.8) is 0 Å². The molecule has 3 nitrogen and oxygen atoms in total. The van der Waals surface area contributed by atoms with E-state index in [1.165, 1.54) is 13.2 Å². The second-order valence-electron chi connectivity index (χ2n) is 4.94. The molecule has 0 saturated heterocycles. The van der Waals surface area contributed by atoms with Gasteiger partial charge in [-0.3, -0.25) is 0 Å². The van der Waals surface area contributed by atoms with E-state index in [2.05, 4.69) is 0 Å². The fourth-order valence-corrected chi connectivity index (χ4v) is 2.47. The van der Waals surface area contributed by atoms with E-state index < -0.39 is 23.8 Å². The maximum Gasteiger partial charge on any atom is 0.159 e. The van der Waals surface area contributed by atoms with Gasteiger partial charge in [0.1, 0.15) is 17.6 Å². The highest BCUT2D eigenvalue weighted by atomic mass is 19.2. The summed E-state index contributed by atoms with van der Waals surface area (Å²) in [6.45, 7) is 0. The first-order chi connectivity index (χ1) is 10.1. The number of halogens is 2. The molecule has 5 heteroatoms. The van der Waals surface area contributed by atoms with E-state index in [1.54, 1.807) is 18.2 Å². The number of ether oxygens (including phenoxy) is 2. The van der Waals surface area contributed by atoms with E-state index in [0.29, 0.717) is 22.6 Å². The third-order valence-corrected chi connectivity index (χ3v) is 3.60. The van der Waals surface area contributed by atoms with Crippen LogP contribution in [0.15, 0.2) is 36.4 Å². The van der Waals surface area contributed by atoms with Crippen molar-refractivity contribution in [3.05, 3.63) is 59.2 Å². The number of rotatable bonds is 2. The molecule has 0 saturated carbocycles. The van der Waals surface area contributed by atoms with Crippen molar-refractivity contribution >= 4 is 0 Å². The SMILES string of the molecule is COc1ccc2c(c1)OC(c1ccc(F)c(F)c1)C[C@H]2O. The summed E-state index contributed by atoms with van der Waals surface area (Å²) in [5.74, 6) is -0.742. The number of benzene rings is 2. The van der Waals surface area contributed by atoms with Crippen LogP contribution in [-0.4, -0.2) is 12.2 Å². The quantitative estimate of drug-likeness (QED) is 0.920. The Morgan fingerprint density at radius 2 is 1.95 bits per heavy atom. The highest BCUT2D eigenvalue weighted by Crippen LogP contribution is 2.42. The molecule has 2 atom stereocenters. The number of aliphatic hydroxyl groups is 1. The third kappa shape index (κ3) is 2.56. The summed E-state index contributed by atoms with van der Waals surface area (Å²) >= 11 is 0. The van der Waals surface area contributed by atoms with Gasteiger partial charge < -0.3 is 14.6 Å². The van der Waals surface area contributed by atoms with E-state index in [4.69, 9.17) is 9.47 Å². The molecule has 1 N–H and O–H groups in total. The second-order valence-corrected chi connectivity index (χ2v) is 4.94. The molecule has 0 aromatic heterocycles. The average Bonchev–Trinajstić information content (AvgIpc) is 2.49. The Morgan fingerprint density at radius 3 is 2.67 bits per heavy atom. The predicted molar refractivity (Wildman–Crippen MR) is 72.3 cm³/mol. The zero-order valence-electron chi connectivity index (χ0n) is 11.3. The summed E-state index contributed by atoms with van der Waals surface area (Å²) in [6, 6.07) is 8.76. The number of fused-ring (bicyclic) bond motifs is 1. The van der Waals surface area contributed by atoms with Crippen LogP contribution in [0.5, 0.6) is 11.5 Å². The highest BCUT2D eigenvalue weighted by molar-refractivity contribution is 5.44. The molecule has 1 aliphatic rings. The van der Waals surface area contributed by atoms with E-state index >= 15 is 0 Å². The standard InChI is InChI=1S/C16H14F2O3/c1-20-10-3-4-11-14(19)8-15(21-16(11)7-10)9-2-5-12(17)13(18)6-9/h2-7,14-15,19H,8H2,1H3/t14-,15?/m1/s1. The molecule has 2 aromatic carbocycles. The van der Waals surface area contributed by atoms with Crippen molar-refractivity contribution in [1.29, 1.82) is 0 Å². The Balaban J connectivity index is 1.94. The Kier molecular flexibility index (Phi) is 3.51. The molecule has 0 spiro atoms. The van der Waals surface area contributed by atoms with Crippen LogP contribution < -0.4 is 9.47 Å². The van der Waals surface area contributed by atoms with Crippen LogP contribution in [0.2, 0.25) is 0 Å². The van der Waals surface area contributed by atoms with Gasteiger partial charge in [0.25, 0.3) is 0 Å². The average molecular weight is 292 g/mol. The normalized spacial score (nSPS) is 20.6. The van der Waals surface area contributed by atoms with E-state index in [1.807, 2.05) is 0 Å². The first-order valence-corrected chi connectivity index (χ1v) is 6.56. The monoisotopic (exact) mass is 292 g/mol. The lowest BCUT2D eigenvalue weighted by molar-refractivity contribution is 0.0653. The molecule has 0 fully saturated rings. The van der Waals surface area contributed by atoms with Crippen LogP contribution in [0.1, 0.15) is 29.8 Å². The molecule has 0 amide bonds. The summed E-state index contributed by atoms with van der Waals surface area (Å²) in [5.41, 5.74) is 1.15. The summed E-state index contributed by atoms with van der Waals surface area (Å²) < 4.78 is 37.2. The van der Waals surface area contributed by atoms with Gasteiger partial charge >= 0.3 is 0 Å². The van der Waals surface area contributed by atoms with Gasteiger partial charge in [-0.25, -0.2) is 8.78 Å². The molecule has 1 heterocycles. The number of methoxy groups -OCH3 is 1. The van der Waals surface area contributed by atoms with Gasteiger partial charge in [-0.2, -0.15) is 0 Å². The molecule has 1 unspecified atom stereocenters. The minimum Gasteiger partial charge on any atom is -0.497 e. The number of aliphatic hydroxyl groups excluding tert-OH is 1. The Labute approximate surface area is 120 Å². The maximum absolute atomic E-state index is 13.3. The zero-order valence-corrected chi connectivity index (χ0v) is 11.3. The minimum atomic E-state index is -0.929. The molecule has 21 heavy (non-hydrogen) atoms. The van der Waals surface area contributed by atoms with Crippen molar-refractivity contribution in [3.8, 4) is 11.5 Å². The van der Waals surface area contributed by atoms with E-state index in [0.717, 1.165) is 12.1 Å². The first-order valence-electron chi connectivity index (χ1n) is 6.56. The molecule has 0 bridgehead atoms. The maximum atomic E-state index is 13.3. The molecule has 1 aliphatic heterocycles. The van der Waals surface area contributed by atoms with E-state index in [9.17, 15) is 13.9 Å². The van der Waals surface area contributed by atoms with Crippen molar-refractivity contribution < 1.29 is 23.4 Å². The lowest BCUT2D eigenvalue weighted by atomic mass is 9.95. The molecule has 0 aliphatic carbocycles. The van der Waals surface area contributed by atoms with Gasteiger partial charge in [0, 0.05) is 18.1 Å². The van der Waals surface area contributed by atoms with Gasteiger partial charge in [-0.15, -0.1) is 0 Å². The van der Waals surface area contributed by atoms with Crippen LogP contribution in [0, 0.1) is 11.6 Å². The Bertz CT molecular complexity index is 673. The molecule has 2 aromatic rings. The fraction of sp³-hybridized carbons (Fsp3) is 0.250. The summed E-state index contributed by atoms with van der Waals surface area (Å²) in [5, 5.41) is 10.2. The van der Waals surface area contributed by atoms with Crippen LogP contribution in [0.3, 0.4) is 0 Å². The number of hydrogen-bond donors (Lipinski definition) is 1. The summed E-state index contributed by atoms with van der Waals surface area (Å²) in [4.78, 5) is 0. The summed E-state index contributed by atoms with van der Waals surface area (Å²) in [6.07, 6.45) is -0.975. The fourth-order valence-electron chi connectivity index (χ4n) is 2.47. The van der Waals surface area contributed by atoms with Gasteiger partial charge in [-0.1, -0.05) is 6.07 Å². The van der Waals surface area contributed by atoms with E-state index in [-0.39, 0.29) is 6.42 Å². The highest BCUT2D eigenvalue weighted by Gasteiger charge is 2.28. The second kappa shape index (κ2) is 5.33. The van der Waals surface area contributed by atoms with Crippen molar-refractivity contribution in [2.75, 3.05) is 7.11 Å². The molecule has 3 rings (SSSR count). The lowest BCUT2D eigenvalue weighted by Crippen LogP contribution is -2.19. The van der Waals surface area contributed by atoms with Gasteiger partial charge in [-0.05, 0) is 29.8 Å². The van der Waals surface area contributed by atoms with Crippen LogP contribution >= 0.6 is 0 Å². The van der Waals surface area contributed by atoms with Crippen LogP contribution in [0.4, 0.5) is 8.78 Å². The zero-order chi connectivity index (χ0) is 15.0. The van der Waals surface area contributed by atoms with Gasteiger partial charge in [0.05, 0.1) is 13.2 Å². The number of hydrogen-bond acceptors (Lipinski definition) is 3. The molecule has 0 radical (unpaired) electrons. The van der Waals surface area contributed by atoms with Crippen molar-refractivity contribution in [2.45, 2.75) is 18.6 Å². The Morgan fingerprint density at radius 1 is 1.14 bits per heavy atom. The van der Waals surface area contributed by atoms with Crippen LogP contribution in [0.25, 0.3) is 0 Å².